The van der Waals surface area contributed by atoms with Crippen molar-refractivity contribution in [2.75, 3.05) is 0 Å². The van der Waals surface area contributed by atoms with Crippen LogP contribution in [0.4, 0.5) is 0 Å². The topological polar surface area (TPSA) is 37.8 Å². The minimum atomic E-state index is 0.00981. The molecule has 72 valence electrons. The highest BCUT2D eigenvalue weighted by atomic mass is 16.1. The monoisotopic (exact) mass is 188 g/mol. The molecule has 0 saturated heterocycles. The van der Waals surface area contributed by atoms with E-state index in [0.29, 0.717) is 0 Å². The van der Waals surface area contributed by atoms with Crippen LogP contribution in [0.1, 0.15) is 5.56 Å². The fraction of sp³-hybridized carbons (Fsp3) is 0.182. The van der Waals surface area contributed by atoms with Crippen LogP contribution in [-0.4, -0.2) is 9.78 Å². The molecular weight excluding hydrogens is 176 g/mol. The van der Waals surface area contributed by atoms with Gasteiger partial charge in [0.25, 0.3) is 5.56 Å². The molecule has 0 amide bonds. The maximum atomic E-state index is 11.6. The van der Waals surface area contributed by atoms with E-state index >= 15 is 0 Å². The van der Waals surface area contributed by atoms with Gasteiger partial charge in [-0.05, 0) is 12.5 Å². The third kappa shape index (κ3) is 1.37. The van der Waals surface area contributed by atoms with Crippen molar-refractivity contribution in [1.29, 1.82) is 0 Å². The zero-order valence-electron chi connectivity index (χ0n) is 8.24. The lowest BCUT2D eigenvalue weighted by Crippen LogP contribution is -2.13. The molecule has 0 aliphatic carbocycles. The van der Waals surface area contributed by atoms with Crippen LogP contribution >= 0.6 is 0 Å². The second kappa shape index (κ2) is 3.18. The zero-order chi connectivity index (χ0) is 10.1. The van der Waals surface area contributed by atoms with Crippen molar-refractivity contribution >= 4 is 0 Å². The van der Waals surface area contributed by atoms with Crippen LogP contribution in [0.25, 0.3) is 11.1 Å². The summed E-state index contributed by atoms with van der Waals surface area (Å²) >= 11 is 0. The predicted octanol–water partition coefficient (Wildman–Crippen LogP) is 1.69. The first-order chi connectivity index (χ1) is 6.68. The van der Waals surface area contributed by atoms with Crippen molar-refractivity contribution < 1.29 is 0 Å². The Morgan fingerprint density at radius 1 is 1.36 bits per heavy atom. The number of aromatic nitrogens is 2. The molecule has 0 aliphatic heterocycles. The SMILES string of the molecule is Cc1cccc(-c2c[nH]n(C)c2=O)c1. The van der Waals surface area contributed by atoms with Crippen LogP contribution in [0.15, 0.2) is 35.3 Å². The molecule has 2 rings (SSSR count). The second-order valence-corrected chi connectivity index (χ2v) is 3.42. The number of hydrogen-bond acceptors (Lipinski definition) is 1. The molecule has 0 atom stereocenters. The fourth-order valence-corrected chi connectivity index (χ4v) is 1.48. The highest BCUT2D eigenvalue weighted by Gasteiger charge is 2.05. The number of H-pyrrole nitrogens is 1. The Bertz CT molecular complexity index is 508. The molecule has 14 heavy (non-hydrogen) atoms. The molecular formula is C11H12N2O. The van der Waals surface area contributed by atoms with E-state index in [0.717, 1.165) is 16.7 Å². The summed E-state index contributed by atoms with van der Waals surface area (Å²) in [7, 11) is 1.71. The van der Waals surface area contributed by atoms with Gasteiger partial charge in [0, 0.05) is 13.2 Å². The van der Waals surface area contributed by atoms with Gasteiger partial charge in [-0.25, -0.2) is 0 Å². The van der Waals surface area contributed by atoms with Crippen molar-refractivity contribution in [3.05, 3.63) is 46.4 Å². The average Bonchev–Trinajstić information content (AvgIpc) is 2.48. The fourth-order valence-electron chi connectivity index (χ4n) is 1.48. The molecule has 3 nitrogen and oxygen atoms in total. The lowest BCUT2D eigenvalue weighted by Gasteiger charge is -1.96. The summed E-state index contributed by atoms with van der Waals surface area (Å²) in [5.41, 5.74) is 2.85. The van der Waals surface area contributed by atoms with E-state index in [1.807, 2.05) is 31.2 Å². The summed E-state index contributed by atoms with van der Waals surface area (Å²) in [5, 5.41) is 2.86. The Morgan fingerprint density at radius 3 is 2.71 bits per heavy atom. The number of rotatable bonds is 1. The number of nitrogens with zero attached hydrogens (tertiary/aromatic N) is 1. The normalized spacial score (nSPS) is 10.4. The maximum absolute atomic E-state index is 11.6. The van der Waals surface area contributed by atoms with Gasteiger partial charge in [0.1, 0.15) is 0 Å². The predicted molar refractivity (Wildman–Crippen MR) is 56.2 cm³/mol. The standard InChI is InChI=1S/C11H12N2O/c1-8-4-3-5-9(6-8)10-7-12-13(2)11(10)14/h3-7,12H,1-2H3. The van der Waals surface area contributed by atoms with Gasteiger partial charge in [0.15, 0.2) is 0 Å². The Morgan fingerprint density at radius 2 is 2.14 bits per heavy atom. The van der Waals surface area contributed by atoms with Crippen LogP contribution in [0.2, 0.25) is 0 Å². The van der Waals surface area contributed by atoms with Gasteiger partial charge < -0.3 is 5.10 Å². The molecule has 0 spiro atoms. The van der Waals surface area contributed by atoms with E-state index in [-0.39, 0.29) is 5.56 Å². The minimum absolute atomic E-state index is 0.00981. The lowest BCUT2D eigenvalue weighted by molar-refractivity contribution is 0.740. The average molecular weight is 188 g/mol. The first-order valence-electron chi connectivity index (χ1n) is 4.50. The van der Waals surface area contributed by atoms with Crippen molar-refractivity contribution in [1.82, 2.24) is 9.78 Å². The van der Waals surface area contributed by atoms with E-state index in [4.69, 9.17) is 0 Å². The Kier molecular flexibility index (Phi) is 2.00. The van der Waals surface area contributed by atoms with Gasteiger partial charge in [0.2, 0.25) is 0 Å². The van der Waals surface area contributed by atoms with Crippen molar-refractivity contribution in [2.24, 2.45) is 7.05 Å². The first-order valence-corrected chi connectivity index (χ1v) is 4.50. The lowest BCUT2D eigenvalue weighted by atomic mass is 10.1. The number of aryl methyl sites for hydroxylation is 2. The Labute approximate surface area is 82.0 Å². The molecule has 3 heteroatoms. The maximum Gasteiger partial charge on any atom is 0.274 e. The third-order valence-corrected chi connectivity index (χ3v) is 2.27. The molecule has 1 N–H and O–H groups in total. The zero-order valence-corrected chi connectivity index (χ0v) is 8.24. The van der Waals surface area contributed by atoms with E-state index in [9.17, 15) is 4.79 Å². The van der Waals surface area contributed by atoms with E-state index < -0.39 is 0 Å². The smallest absolute Gasteiger partial charge is 0.274 e. The molecule has 0 fully saturated rings. The number of benzene rings is 1. The van der Waals surface area contributed by atoms with E-state index in [1.165, 1.54) is 4.68 Å². The number of hydrogen-bond donors (Lipinski definition) is 1. The van der Waals surface area contributed by atoms with Gasteiger partial charge in [-0.2, -0.15) is 0 Å². The molecule has 2 aromatic rings. The van der Waals surface area contributed by atoms with Gasteiger partial charge >= 0.3 is 0 Å². The molecule has 0 radical (unpaired) electrons. The van der Waals surface area contributed by atoms with Crippen molar-refractivity contribution in [3.63, 3.8) is 0 Å². The summed E-state index contributed by atoms with van der Waals surface area (Å²) in [6, 6.07) is 7.92. The van der Waals surface area contributed by atoms with Crippen molar-refractivity contribution in [3.8, 4) is 11.1 Å². The number of aromatic amines is 1. The van der Waals surface area contributed by atoms with Gasteiger partial charge in [-0.1, -0.05) is 29.8 Å². The largest absolute Gasteiger partial charge is 0.303 e. The summed E-state index contributed by atoms with van der Waals surface area (Å²) < 4.78 is 1.47. The molecule has 0 saturated carbocycles. The molecule has 0 aliphatic rings. The number of nitrogens with one attached hydrogen (secondary N) is 1. The van der Waals surface area contributed by atoms with Gasteiger partial charge in [-0.3, -0.25) is 9.48 Å². The van der Waals surface area contributed by atoms with Crippen LogP contribution in [0, 0.1) is 6.92 Å². The van der Waals surface area contributed by atoms with Gasteiger partial charge in [0.05, 0.1) is 5.56 Å². The Balaban J connectivity index is 2.60. The van der Waals surface area contributed by atoms with Gasteiger partial charge in [-0.15, -0.1) is 0 Å². The first kappa shape index (κ1) is 8.81. The van der Waals surface area contributed by atoms with Crippen LogP contribution in [-0.2, 0) is 7.05 Å². The summed E-state index contributed by atoms with van der Waals surface area (Å²) in [6.07, 6.45) is 1.73. The highest BCUT2D eigenvalue weighted by Crippen LogP contribution is 2.15. The van der Waals surface area contributed by atoms with E-state index in [2.05, 4.69) is 5.10 Å². The van der Waals surface area contributed by atoms with E-state index in [1.54, 1.807) is 13.2 Å². The molecule has 0 bridgehead atoms. The third-order valence-electron chi connectivity index (χ3n) is 2.27. The minimum Gasteiger partial charge on any atom is -0.303 e. The van der Waals surface area contributed by atoms with Crippen LogP contribution in [0.3, 0.4) is 0 Å². The summed E-state index contributed by atoms with van der Waals surface area (Å²) in [6.45, 7) is 2.01. The van der Waals surface area contributed by atoms with Crippen LogP contribution < -0.4 is 5.56 Å². The van der Waals surface area contributed by atoms with Crippen molar-refractivity contribution in [2.45, 2.75) is 6.92 Å². The quantitative estimate of drug-likeness (QED) is 0.726. The highest BCUT2D eigenvalue weighted by molar-refractivity contribution is 5.62. The molecule has 1 aromatic heterocycles. The second-order valence-electron chi connectivity index (χ2n) is 3.42. The molecule has 1 aromatic carbocycles. The summed E-state index contributed by atoms with van der Waals surface area (Å²) in [4.78, 5) is 11.6. The summed E-state index contributed by atoms with van der Waals surface area (Å²) in [5.74, 6) is 0. The molecule has 1 heterocycles. The Hall–Kier alpha value is -1.77. The molecule has 0 unspecified atom stereocenters. The van der Waals surface area contributed by atoms with Crippen LogP contribution in [0.5, 0.6) is 0 Å².